The Morgan fingerprint density at radius 3 is 2.46 bits per heavy atom. The molecule has 0 fully saturated rings. The van der Waals surface area contributed by atoms with Gasteiger partial charge in [0.2, 0.25) is 5.88 Å². The monoisotopic (exact) mass is 381 g/mol. The van der Waals surface area contributed by atoms with Gasteiger partial charge in [-0.3, -0.25) is 0 Å². The van der Waals surface area contributed by atoms with Gasteiger partial charge in [-0.1, -0.05) is 6.92 Å². The van der Waals surface area contributed by atoms with Crippen LogP contribution in [0.1, 0.15) is 50.6 Å². The van der Waals surface area contributed by atoms with Crippen LogP contribution in [-0.2, 0) is 11.2 Å². The lowest BCUT2D eigenvalue weighted by Crippen LogP contribution is -2.10. The first kappa shape index (κ1) is 20.3. The number of methoxy groups -OCH3 is 1. The number of pyridine rings is 2. The second-order valence-corrected chi connectivity index (χ2v) is 7.71. The van der Waals surface area contributed by atoms with Crippen molar-refractivity contribution < 1.29 is 9.47 Å². The van der Waals surface area contributed by atoms with Crippen LogP contribution >= 0.6 is 0 Å². The normalized spacial score (nSPS) is 12.7. The Morgan fingerprint density at radius 2 is 1.82 bits per heavy atom. The van der Waals surface area contributed by atoms with E-state index in [1.165, 1.54) is 5.56 Å². The molecular formula is C23H31N3O2. The van der Waals surface area contributed by atoms with Gasteiger partial charge in [0.05, 0.1) is 41.2 Å². The average Bonchev–Trinajstić information content (AvgIpc) is 2.96. The van der Waals surface area contributed by atoms with Crippen molar-refractivity contribution in [2.24, 2.45) is 0 Å². The third kappa shape index (κ3) is 3.90. The quantitative estimate of drug-likeness (QED) is 0.559. The molecule has 28 heavy (non-hydrogen) atoms. The predicted molar refractivity (Wildman–Crippen MR) is 114 cm³/mol. The van der Waals surface area contributed by atoms with Crippen molar-refractivity contribution in [1.82, 2.24) is 14.5 Å². The second-order valence-electron chi connectivity index (χ2n) is 7.71. The van der Waals surface area contributed by atoms with E-state index in [2.05, 4.69) is 50.6 Å². The maximum Gasteiger partial charge on any atom is 0.213 e. The number of aromatic nitrogens is 3. The summed E-state index contributed by atoms with van der Waals surface area (Å²) in [6.45, 7) is 13.2. The van der Waals surface area contributed by atoms with E-state index in [0.29, 0.717) is 12.5 Å². The molecule has 5 heteroatoms. The van der Waals surface area contributed by atoms with Gasteiger partial charge in [-0.2, -0.15) is 0 Å². The van der Waals surface area contributed by atoms with Crippen molar-refractivity contribution in [3.8, 4) is 17.1 Å². The summed E-state index contributed by atoms with van der Waals surface area (Å²) in [5, 5.41) is 0. The summed E-state index contributed by atoms with van der Waals surface area (Å²) in [5.74, 6) is 0.671. The fraction of sp³-hybridized carbons (Fsp3) is 0.478. The highest BCUT2D eigenvalue weighted by molar-refractivity contribution is 5.84. The number of aryl methyl sites for hydroxylation is 3. The fourth-order valence-corrected chi connectivity index (χ4v) is 3.66. The smallest absolute Gasteiger partial charge is 0.213 e. The Hall–Kier alpha value is -2.40. The zero-order valence-corrected chi connectivity index (χ0v) is 18.0. The van der Waals surface area contributed by atoms with Crippen LogP contribution in [0.25, 0.3) is 22.3 Å². The first-order chi connectivity index (χ1) is 13.3. The number of fused-ring (bicyclic) bond motifs is 1. The molecule has 0 spiro atoms. The first-order valence-electron chi connectivity index (χ1n) is 10.00. The highest BCUT2D eigenvalue weighted by atomic mass is 16.5. The Balaban J connectivity index is 2.12. The Morgan fingerprint density at radius 1 is 1.07 bits per heavy atom. The molecule has 3 rings (SSSR count). The van der Waals surface area contributed by atoms with Crippen molar-refractivity contribution in [2.45, 2.75) is 60.1 Å². The lowest BCUT2D eigenvalue weighted by atomic mass is 10.0. The molecular weight excluding hydrogens is 350 g/mol. The lowest BCUT2D eigenvalue weighted by Gasteiger charge is -2.16. The Labute approximate surface area is 167 Å². The van der Waals surface area contributed by atoms with Crippen LogP contribution in [-0.4, -0.2) is 34.4 Å². The van der Waals surface area contributed by atoms with Gasteiger partial charge in [-0.15, -0.1) is 0 Å². The zero-order valence-electron chi connectivity index (χ0n) is 18.0. The molecule has 1 unspecified atom stereocenters. The molecule has 0 aliphatic carbocycles. The topological polar surface area (TPSA) is 49.2 Å². The summed E-state index contributed by atoms with van der Waals surface area (Å²) in [6.07, 6.45) is 3.10. The van der Waals surface area contributed by atoms with E-state index in [-0.39, 0.29) is 12.1 Å². The van der Waals surface area contributed by atoms with E-state index in [0.717, 1.165) is 40.0 Å². The molecule has 0 aromatic carbocycles. The van der Waals surface area contributed by atoms with Crippen LogP contribution in [0.5, 0.6) is 5.88 Å². The standard InChI is InChI=1S/C23H31N3O2/c1-8-19-18(9-10-21(24-19)28-14(2)3)22-15(4)11-20-23(25-22)16(5)12-26(20)17(6)13-27-7/h9-12,14,17H,8,13H2,1-7H3. The van der Waals surface area contributed by atoms with Gasteiger partial charge in [-0.05, 0) is 64.3 Å². The minimum absolute atomic E-state index is 0.107. The van der Waals surface area contributed by atoms with Crippen molar-refractivity contribution in [3.05, 3.63) is 41.2 Å². The molecule has 0 bridgehead atoms. The van der Waals surface area contributed by atoms with Crippen LogP contribution in [0.3, 0.4) is 0 Å². The maximum absolute atomic E-state index is 5.77. The lowest BCUT2D eigenvalue weighted by molar-refractivity contribution is 0.164. The summed E-state index contributed by atoms with van der Waals surface area (Å²) in [4.78, 5) is 9.79. The minimum Gasteiger partial charge on any atom is -0.475 e. The van der Waals surface area contributed by atoms with Gasteiger partial charge in [0, 0.05) is 24.9 Å². The Kier molecular flexibility index (Phi) is 6.04. The summed E-state index contributed by atoms with van der Waals surface area (Å²) >= 11 is 0. The number of hydrogen-bond donors (Lipinski definition) is 0. The van der Waals surface area contributed by atoms with E-state index in [1.807, 2.05) is 19.9 Å². The molecule has 0 amide bonds. The zero-order chi connectivity index (χ0) is 20.4. The van der Waals surface area contributed by atoms with Crippen molar-refractivity contribution in [1.29, 1.82) is 0 Å². The van der Waals surface area contributed by atoms with Crippen molar-refractivity contribution in [3.63, 3.8) is 0 Å². The van der Waals surface area contributed by atoms with E-state index < -0.39 is 0 Å². The van der Waals surface area contributed by atoms with Crippen molar-refractivity contribution in [2.75, 3.05) is 13.7 Å². The van der Waals surface area contributed by atoms with Crippen molar-refractivity contribution >= 4 is 11.0 Å². The summed E-state index contributed by atoms with van der Waals surface area (Å²) in [5.41, 5.74) is 7.58. The average molecular weight is 382 g/mol. The van der Waals surface area contributed by atoms with Crippen LogP contribution in [0, 0.1) is 13.8 Å². The minimum atomic E-state index is 0.107. The molecule has 150 valence electrons. The van der Waals surface area contributed by atoms with E-state index in [1.54, 1.807) is 7.11 Å². The fourth-order valence-electron chi connectivity index (χ4n) is 3.66. The molecule has 0 saturated carbocycles. The highest BCUT2D eigenvalue weighted by Gasteiger charge is 2.17. The molecule has 0 saturated heterocycles. The van der Waals surface area contributed by atoms with Gasteiger partial charge in [0.25, 0.3) is 0 Å². The Bertz CT molecular complexity index is 976. The molecule has 3 aromatic rings. The number of ether oxygens (including phenoxy) is 2. The first-order valence-corrected chi connectivity index (χ1v) is 10.00. The number of hydrogen-bond acceptors (Lipinski definition) is 4. The van der Waals surface area contributed by atoms with E-state index in [4.69, 9.17) is 19.4 Å². The van der Waals surface area contributed by atoms with Gasteiger partial charge in [0.1, 0.15) is 0 Å². The van der Waals surface area contributed by atoms with Crippen LogP contribution < -0.4 is 4.74 Å². The van der Waals surface area contributed by atoms with Gasteiger partial charge < -0.3 is 14.0 Å². The van der Waals surface area contributed by atoms with Gasteiger partial charge in [-0.25, -0.2) is 9.97 Å². The van der Waals surface area contributed by atoms with E-state index in [9.17, 15) is 0 Å². The van der Waals surface area contributed by atoms with Crippen LogP contribution in [0.2, 0.25) is 0 Å². The molecule has 0 aliphatic heterocycles. The predicted octanol–water partition coefficient (Wildman–Crippen LogP) is 5.27. The van der Waals surface area contributed by atoms with Crippen LogP contribution in [0.15, 0.2) is 24.4 Å². The number of nitrogens with zero attached hydrogens (tertiary/aromatic N) is 3. The van der Waals surface area contributed by atoms with E-state index >= 15 is 0 Å². The SMILES string of the molecule is CCc1nc(OC(C)C)ccc1-c1nc2c(C)cn(C(C)COC)c2cc1C. The molecule has 5 nitrogen and oxygen atoms in total. The largest absolute Gasteiger partial charge is 0.475 e. The third-order valence-electron chi connectivity index (χ3n) is 4.96. The summed E-state index contributed by atoms with van der Waals surface area (Å²) < 4.78 is 13.4. The molecule has 1 atom stereocenters. The summed E-state index contributed by atoms with van der Waals surface area (Å²) in [6, 6.07) is 6.52. The molecule has 0 aliphatic rings. The molecule has 0 N–H and O–H groups in total. The molecule has 3 heterocycles. The van der Waals surface area contributed by atoms with Gasteiger partial charge >= 0.3 is 0 Å². The summed E-state index contributed by atoms with van der Waals surface area (Å²) in [7, 11) is 1.74. The molecule has 3 aromatic heterocycles. The number of rotatable bonds is 7. The van der Waals surface area contributed by atoms with Crippen LogP contribution in [0.4, 0.5) is 0 Å². The highest BCUT2D eigenvalue weighted by Crippen LogP contribution is 2.32. The second kappa shape index (κ2) is 8.31. The maximum atomic E-state index is 5.77. The molecule has 0 radical (unpaired) electrons. The van der Waals surface area contributed by atoms with Gasteiger partial charge in [0.15, 0.2) is 0 Å². The third-order valence-corrected chi connectivity index (χ3v) is 4.96.